The first-order chi connectivity index (χ1) is 7.69. The van der Waals surface area contributed by atoms with Gasteiger partial charge in [0, 0.05) is 17.7 Å². The maximum absolute atomic E-state index is 9.37. The predicted molar refractivity (Wildman–Crippen MR) is 64.5 cm³/mol. The standard InChI is InChI=1S/C13H22N2O/c1-4-10-6-5-7-12-11(8-16)14-13(9(2)3)15(10)12/h9-10,16H,4-8H2,1-3H3. The highest BCUT2D eigenvalue weighted by Gasteiger charge is 2.26. The van der Waals surface area contributed by atoms with Gasteiger partial charge in [0.15, 0.2) is 0 Å². The van der Waals surface area contributed by atoms with Gasteiger partial charge in [0.2, 0.25) is 0 Å². The summed E-state index contributed by atoms with van der Waals surface area (Å²) in [6.07, 6.45) is 4.72. The van der Waals surface area contributed by atoms with Gasteiger partial charge in [0.1, 0.15) is 5.82 Å². The van der Waals surface area contributed by atoms with Crippen molar-refractivity contribution in [1.82, 2.24) is 9.55 Å². The van der Waals surface area contributed by atoms with Gasteiger partial charge in [-0.2, -0.15) is 0 Å². The molecule has 1 aliphatic rings. The smallest absolute Gasteiger partial charge is 0.112 e. The maximum Gasteiger partial charge on any atom is 0.112 e. The highest BCUT2D eigenvalue weighted by molar-refractivity contribution is 5.21. The highest BCUT2D eigenvalue weighted by atomic mass is 16.3. The molecule has 1 aromatic rings. The van der Waals surface area contributed by atoms with Crippen LogP contribution in [0, 0.1) is 0 Å². The zero-order chi connectivity index (χ0) is 11.7. The van der Waals surface area contributed by atoms with Crippen LogP contribution >= 0.6 is 0 Å². The monoisotopic (exact) mass is 222 g/mol. The molecule has 2 rings (SSSR count). The molecule has 0 aromatic carbocycles. The number of aliphatic hydroxyl groups excluding tert-OH is 1. The van der Waals surface area contributed by atoms with E-state index >= 15 is 0 Å². The lowest BCUT2D eigenvalue weighted by Gasteiger charge is -2.27. The van der Waals surface area contributed by atoms with E-state index in [1.807, 2.05) is 0 Å². The van der Waals surface area contributed by atoms with Crippen molar-refractivity contribution < 1.29 is 5.11 Å². The average Bonchev–Trinajstić information content (AvgIpc) is 2.67. The molecule has 2 heterocycles. The van der Waals surface area contributed by atoms with Crippen molar-refractivity contribution in [3.05, 3.63) is 17.2 Å². The first-order valence-corrected chi connectivity index (χ1v) is 6.39. The van der Waals surface area contributed by atoms with Crippen LogP contribution in [-0.4, -0.2) is 14.7 Å². The van der Waals surface area contributed by atoms with Crippen molar-refractivity contribution in [2.75, 3.05) is 0 Å². The fourth-order valence-electron chi connectivity index (χ4n) is 2.76. The Kier molecular flexibility index (Phi) is 3.33. The molecular formula is C13H22N2O. The second-order valence-corrected chi connectivity index (χ2v) is 5.00. The van der Waals surface area contributed by atoms with Gasteiger partial charge < -0.3 is 9.67 Å². The van der Waals surface area contributed by atoms with E-state index in [1.54, 1.807) is 0 Å². The van der Waals surface area contributed by atoms with E-state index in [9.17, 15) is 5.11 Å². The molecule has 1 N–H and O–H groups in total. The minimum Gasteiger partial charge on any atom is -0.390 e. The molecule has 1 aliphatic heterocycles. The van der Waals surface area contributed by atoms with Crippen LogP contribution in [0.1, 0.15) is 69.2 Å². The molecule has 0 bridgehead atoms. The number of imidazole rings is 1. The molecule has 1 aromatic heterocycles. The molecule has 90 valence electrons. The summed E-state index contributed by atoms with van der Waals surface area (Å²) in [7, 11) is 0. The van der Waals surface area contributed by atoms with E-state index in [-0.39, 0.29) is 6.61 Å². The highest BCUT2D eigenvalue weighted by Crippen LogP contribution is 2.33. The normalized spacial score (nSPS) is 20.2. The van der Waals surface area contributed by atoms with Gasteiger partial charge >= 0.3 is 0 Å². The van der Waals surface area contributed by atoms with Crippen LogP contribution in [0.3, 0.4) is 0 Å². The topological polar surface area (TPSA) is 38.1 Å². The first-order valence-electron chi connectivity index (χ1n) is 6.39. The molecule has 3 heteroatoms. The van der Waals surface area contributed by atoms with Gasteiger partial charge in [-0.3, -0.25) is 0 Å². The summed E-state index contributed by atoms with van der Waals surface area (Å²) in [5, 5.41) is 9.37. The maximum atomic E-state index is 9.37. The lowest BCUT2D eigenvalue weighted by molar-refractivity contribution is 0.274. The molecule has 16 heavy (non-hydrogen) atoms. The molecule has 0 fully saturated rings. The quantitative estimate of drug-likeness (QED) is 0.854. The van der Waals surface area contributed by atoms with Gasteiger partial charge in [0.25, 0.3) is 0 Å². The fraction of sp³-hybridized carbons (Fsp3) is 0.769. The van der Waals surface area contributed by atoms with Crippen molar-refractivity contribution in [1.29, 1.82) is 0 Å². The summed E-state index contributed by atoms with van der Waals surface area (Å²) >= 11 is 0. The molecule has 0 radical (unpaired) electrons. The summed E-state index contributed by atoms with van der Waals surface area (Å²) in [5.74, 6) is 1.59. The van der Waals surface area contributed by atoms with E-state index < -0.39 is 0 Å². The summed E-state index contributed by atoms with van der Waals surface area (Å²) < 4.78 is 2.40. The molecule has 0 amide bonds. The van der Waals surface area contributed by atoms with Crippen LogP contribution in [0.5, 0.6) is 0 Å². The Labute approximate surface area is 97.5 Å². The van der Waals surface area contributed by atoms with Gasteiger partial charge in [0.05, 0.1) is 12.3 Å². The Morgan fingerprint density at radius 3 is 2.81 bits per heavy atom. The molecule has 1 unspecified atom stereocenters. The zero-order valence-corrected chi connectivity index (χ0v) is 10.5. The minimum absolute atomic E-state index is 0.0818. The van der Waals surface area contributed by atoms with Crippen LogP contribution < -0.4 is 0 Å². The summed E-state index contributed by atoms with van der Waals surface area (Å²) in [6, 6.07) is 0.592. The van der Waals surface area contributed by atoms with Gasteiger partial charge in [-0.05, 0) is 25.7 Å². The summed E-state index contributed by atoms with van der Waals surface area (Å²) in [4.78, 5) is 4.62. The van der Waals surface area contributed by atoms with E-state index in [0.29, 0.717) is 12.0 Å². The lowest BCUT2D eigenvalue weighted by atomic mass is 9.99. The van der Waals surface area contributed by atoms with Crippen LogP contribution in [0.4, 0.5) is 0 Å². The average molecular weight is 222 g/mol. The number of hydrogen-bond donors (Lipinski definition) is 1. The minimum atomic E-state index is 0.0818. The number of nitrogens with zero attached hydrogens (tertiary/aromatic N) is 2. The fourth-order valence-corrected chi connectivity index (χ4v) is 2.76. The molecule has 0 aliphatic carbocycles. The van der Waals surface area contributed by atoms with Crippen molar-refractivity contribution in [3.63, 3.8) is 0 Å². The Bertz CT molecular complexity index is 368. The SMILES string of the molecule is CCC1CCCc2c(CO)nc(C(C)C)n21. The van der Waals surface area contributed by atoms with E-state index in [2.05, 4.69) is 30.3 Å². The molecule has 0 saturated heterocycles. The van der Waals surface area contributed by atoms with Crippen LogP contribution in [-0.2, 0) is 13.0 Å². The van der Waals surface area contributed by atoms with E-state index in [0.717, 1.165) is 24.4 Å². The van der Waals surface area contributed by atoms with Crippen molar-refractivity contribution in [2.24, 2.45) is 0 Å². The van der Waals surface area contributed by atoms with Crippen LogP contribution in [0.2, 0.25) is 0 Å². The predicted octanol–water partition coefficient (Wildman–Crippen LogP) is 2.79. The summed E-state index contributed by atoms with van der Waals surface area (Å²) in [6.45, 7) is 6.68. The second-order valence-electron chi connectivity index (χ2n) is 5.00. The third-order valence-electron chi connectivity index (χ3n) is 3.57. The molecular weight excluding hydrogens is 200 g/mol. The third-order valence-corrected chi connectivity index (χ3v) is 3.57. The molecule has 0 spiro atoms. The number of aliphatic hydroxyl groups is 1. The van der Waals surface area contributed by atoms with E-state index in [1.165, 1.54) is 18.5 Å². The lowest BCUT2D eigenvalue weighted by Crippen LogP contribution is -2.20. The first kappa shape index (κ1) is 11.6. The van der Waals surface area contributed by atoms with Crippen LogP contribution in [0.25, 0.3) is 0 Å². The Morgan fingerprint density at radius 1 is 1.50 bits per heavy atom. The van der Waals surface area contributed by atoms with Gasteiger partial charge in [-0.15, -0.1) is 0 Å². The largest absolute Gasteiger partial charge is 0.390 e. The Hall–Kier alpha value is -0.830. The van der Waals surface area contributed by atoms with E-state index in [4.69, 9.17) is 0 Å². The molecule has 3 nitrogen and oxygen atoms in total. The van der Waals surface area contributed by atoms with Gasteiger partial charge in [-0.25, -0.2) is 4.98 Å². The Balaban J connectivity index is 2.51. The summed E-state index contributed by atoms with van der Waals surface area (Å²) in [5.41, 5.74) is 2.19. The Morgan fingerprint density at radius 2 is 2.25 bits per heavy atom. The number of aromatic nitrogens is 2. The van der Waals surface area contributed by atoms with Crippen molar-refractivity contribution >= 4 is 0 Å². The molecule has 1 atom stereocenters. The van der Waals surface area contributed by atoms with Crippen LogP contribution in [0.15, 0.2) is 0 Å². The number of hydrogen-bond acceptors (Lipinski definition) is 2. The number of rotatable bonds is 3. The number of fused-ring (bicyclic) bond motifs is 1. The third kappa shape index (κ3) is 1.77. The van der Waals surface area contributed by atoms with Gasteiger partial charge in [-0.1, -0.05) is 20.8 Å². The van der Waals surface area contributed by atoms with Crippen molar-refractivity contribution in [2.45, 2.75) is 65.0 Å². The second kappa shape index (κ2) is 4.58. The molecule has 0 saturated carbocycles. The zero-order valence-electron chi connectivity index (χ0n) is 10.5. The van der Waals surface area contributed by atoms with Crippen molar-refractivity contribution in [3.8, 4) is 0 Å².